The van der Waals surface area contributed by atoms with Crippen LogP contribution in [-0.4, -0.2) is 29.0 Å². The van der Waals surface area contributed by atoms with Crippen molar-refractivity contribution < 1.29 is 33.0 Å². The number of halogens is 2. The van der Waals surface area contributed by atoms with E-state index in [0.29, 0.717) is 12.5 Å². The molecular formula is C21H21F2NO5. The number of carbonyl (C=O) groups is 3. The minimum absolute atomic E-state index is 0.00251. The molecule has 0 heterocycles. The molecule has 8 heteroatoms. The number of carboxylic acid groups (broad SMARTS) is 1. The van der Waals surface area contributed by atoms with Crippen molar-refractivity contribution in [1.82, 2.24) is 5.32 Å². The van der Waals surface area contributed by atoms with Crippen LogP contribution in [0.25, 0.3) is 11.1 Å². The van der Waals surface area contributed by atoms with Crippen LogP contribution in [0.2, 0.25) is 0 Å². The molecule has 0 fully saturated rings. The normalized spacial score (nSPS) is 11.8. The van der Waals surface area contributed by atoms with E-state index in [1.165, 1.54) is 25.1 Å². The average Bonchev–Trinajstić information content (AvgIpc) is 2.60. The molecule has 2 N–H and O–H groups in total. The van der Waals surface area contributed by atoms with Gasteiger partial charge in [0.15, 0.2) is 0 Å². The molecule has 2 rings (SSSR count). The molecule has 0 saturated heterocycles. The molecule has 0 bridgehead atoms. The zero-order valence-corrected chi connectivity index (χ0v) is 16.2. The van der Waals surface area contributed by atoms with Crippen LogP contribution in [0.1, 0.15) is 37.6 Å². The third-order valence-corrected chi connectivity index (χ3v) is 4.03. The third-order valence-electron chi connectivity index (χ3n) is 4.03. The van der Waals surface area contributed by atoms with Gasteiger partial charge in [0.05, 0.1) is 0 Å². The van der Waals surface area contributed by atoms with Crippen molar-refractivity contribution in [2.75, 3.05) is 0 Å². The van der Waals surface area contributed by atoms with Crippen molar-refractivity contribution in [3.63, 3.8) is 0 Å². The number of esters is 1. The molecule has 0 aliphatic rings. The summed E-state index contributed by atoms with van der Waals surface area (Å²) in [5, 5.41) is 12.0. The Hall–Kier alpha value is -3.29. The van der Waals surface area contributed by atoms with Gasteiger partial charge in [-0.1, -0.05) is 19.9 Å². The number of ether oxygens (including phenoxy) is 1. The lowest BCUT2D eigenvalue weighted by Crippen LogP contribution is -2.43. The molecule has 154 valence electrons. The number of hydrogen-bond donors (Lipinski definition) is 2. The fourth-order valence-electron chi connectivity index (χ4n) is 2.79. The predicted octanol–water partition coefficient (Wildman–Crippen LogP) is 3.79. The van der Waals surface area contributed by atoms with E-state index >= 15 is 0 Å². The van der Waals surface area contributed by atoms with Crippen LogP contribution < -0.4 is 10.1 Å². The van der Waals surface area contributed by atoms with Gasteiger partial charge in [-0.05, 0) is 42.2 Å². The first-order valence-corrected chi connectivity index (χ1v) is 8.90. The second-order valence-corrected chi connectivity index (χ2v) is 6.94. The summed E-state index contributed by atoms with van der Waals surface area (Å²) in [7, 11) is 0. The molecule has 1 amide bonds. The van der Waals surface area contributed by atoms with Crippen LogP contribution in [0, 0.1) is 17.6 Å². The van der Waals surface area contributed by atoms with Crippen LogP contribution in [0.3, 0.4) is 0 Å². The van der Waals surface area contributed by atoms with Gasteiger partial charge in [-0.15, -0.1) is 0 Å². The van der Waals surface area contributed by atoms with E-state index in [1.54, 1.807) is 0 Å². The molecule has 0 spiro atoms. The van der Waals surface area contributed by atoms with E-state index in [1.807, 2.05) is 13.8 Å². The van der Waals surface area contributed by atoms with Gasteiger partial charge in [0.2, 0.25) is 5.91 Å². The third kappa shape index (κ3) is 5.84. The van der Waals surface area contributed by atoms with E-state index in [9.17, 15) is 28.3 Å². The van der Waals surface area contributed by atoms with E-state index in [-0.39, 0.29) is 28.4 Å². The lowest BCUT2D eigenvalue weighted by molar-refractivity contribution is -0.139. The number of benzene rings is 2. The van der Waals surface area contributed by atoms with E-state index in [0.717, 1.165) is 12.1 Å². The highest BCUT2D eigenvalue weighted by molar-refractivity contribution is 5.94. The van der Waals surface area contributed by atoms with Gasteiger partial charge in [0.25, 0.3) is 0 Å². The number of hydrogen-bond acceptors (Lipinski definition) is 4. The Morgan fingerprint density at radius 1 is 1.10 bits per heavy atom. The number of carboxylic acids is 1. The standard InChI is InChI=1S/C21H21F2NO5/c1-11(2)8-18(24-12(3)25)21(28)29-19-7-4-13(9-16(19)20(26)27)15-6-5-14(22)10-17(15)23/h4-7,9-11,18H,8H2,1-3H3,(H,24,25)(H,26,27). The molecule has 0 aromatic heterocycles. The monoisotopic (exact) mass is 405 g/mol. The minimum Gasteiger partial charge on any atom is -0.478 e. The second kappa shape index (κ2) is 9.27. The van der Waals surface area contributed by atoms with Crippen molar-refractivity contribution >= 4 is 17.8 Å². The molecule has 6 nitrogen and oxygen atoms in total. The Morgan fingerprint density at radius 3 is 2.34 bits per heavy atom. The number of aromatic carboxylic acids is 1. The number of rotatable bonds is 7. The summed E-state index contributed by atoms with van der Waals surface area (Å²) >= 11 is 0. The summed E-state index contributed by atoms with van der Waals surface area (Å²) in [6.45, 7) is 4.98. The van der Waals surface area contributed by atoms with Crippen LogP contribution in [0.5, 0.6) is 5.75 Å². The lowest BCUT2D eigenvalue weighted by Gasteiger charge is -2.19. The first kappa shape index (κ1) is 22.0. The fourth-order valence-corrected chi connectivity index (χ4v) is 2.79. The summed E-state index contributed by atoms with van der Waals surface area (Å²) in [5.41, 5.74) is -0.186. The van der Waals surface area contributed by atoms with Crippen molar-refractivity contribution in [1.29, 1.82) is 0 Å². The van der Waals surface area contributed by atoms with E-state index in [4.69, 9.17) is 4.74 Å². The van der Waals surface area contributed by atoms with Crippen LogP contribution in [-0.2, 0) is 9.59 Å². The Kier molecular flexibility index (Phi) is 7.03. The smallest absolute Gasteiger partial charge is 0.339 e. The van der Waals surface area contributed by atoms with Gasteiger partial charge in [0, 0.05) is 18.6 Å². The SMILES string of the molecule is CC(=O)NC(CC(C)C)C(=O)Oc1ccc(-c2ccc(F)cc2F)cc1C(=O)O. The highest BCUT2D eigenvalue weighted by Gasteiger charge is 2.25. The predicted molar refractivity (Wildman–Crippen MR) is 101 cm³/mol. The summed E-state index contributed by atoms with van der Waals surface area (Å²) in [5.74, 6) is -4.41. The lowest BCUT2D eigenvalue weighted by atomic mass is 10.0. The number of carbonyl (C=O) groups excluding carboxylic acids is 2. The minimum atomic E-state index is -1.39. The average molecular weight is 405 g/mol. The van der Waals surface area contributed by atoms with Crippen LogP contribution in [0.15, 0.2) is 36.4 Å². The van der Waals surface area contributed by atoms with E-state index in [2.05, 4.69) is 5.32 Å². The Labute approximate surface area is 166 Å². The first-order valence-electron chi connectivity index (χ1n) is 8.90. The summed E-state index contributed by atoms with van der Waals surface area (Å²) < 4.78 is 32.4. The topological polar surface area (TPSA) is 92.7 Å². The quantitative estimate of drug-likeness (QED) is 0.540. The molecule has 29 heavy (non-hydrogen) atoms. The summed E-state index contributed by atoms with van der Waals surface area (Å²) in [6.07, 6.45) is 0.305. The first-order chi connectivity index (χ1) is 13.6. The van der Waals surface area contributed by atoms with Gasteiger partial charge in [-0.3, -0.25) is 4.79 Å². The maximum Gasteiger partial charge on any atom is 0.339 e. The van der Waals surface area contributed by atoms with Crippen molar-refractivity contribution in [3.8, 4) is 16.9 Å². The Balaban J connectivity index is 2.36. The molecule has 0 saturated carbocycles. The van der Waals surface area contributed by atoms with Gasteiger partial charge in [0.1, 0.15) is 29.0 Å². The summed E-state index contributed by atoms with van der Waals surface area (Å²) in [4.78, 5) is 35.5. The molecule has 0 radical (unpaired) electrons. The van der Waals surface area contributed by atoms with E-state index < -0.39 is 35.5 Å². The molecular weight excluding hydrogens is 384 g/mol. The van der Waals surface area contributed by atoms with Gasteiger partial charge in [-0.2, -0.15) is 0 Å². The molecule has 2 aromatic rings. The molecule has 2 aromatic carbocycles. The zero-order chi connectivity index (χ0) is 21.7. The molecule has 0 aliphatic heterocycles. The molecule has 1 unspecified atom stereocenters. The largest absolute Gasteiger partial charge is 0.478 e. The Morgan fingerprint density at radius 2 is 1.79 bits per heavy atom. The maximum atomic E-state index is 14.0. The van der Waals surface area contributed by atoms with Crippen LogP contribution >= 0.6 is 0 Å². The van der Waals surface area contributed by atoms with Crippen molar-refractivity contribution in [2.24, 2.45) is 5.92 Å². The molecule has 1 atom stereocenters. The maximum absolute atomic E-state index is 14.0. The zero-order valence-electron chi connectivity index (χ0n) is 16.2. The Bertz CT molecular complexity index is 943. The number of nitrogens with one attached hydrogen (secondary N) is 1. The molecule has 0 aliphatic carbocycles. The van der Waals surface area contributed by atoms with Crippen LogP contribution in [0.4, 0.5) is 8.78 Å². The fraction of sp³-hybridized carbons (Fsp3) is 0.286. The van der Waals surface area contributed by atoms with Crippen molar-refractivity contribution in [3.05, 3.63) is 53.6 Å². The van der Waals surface area contributed by atoms with Gasteiger partial charge in [-0.25, -0.2) is 18.4 Å². The highest BCUT2D eigenvalue weighted by Crippen LogP contribution is 2.29. The second-order valence-electron chi connectivity index (χ2n) is 6.94. The highest BCUT2D eigenvalue weighted by atomic mass is 19.1. The van der Waals surface area contributed by atoms with Gasteiger partial charge < -0.3 is 15.2 Å². The van der Waals surface area contributed by atoms with Gasteiger partial charge >= 0.3 is 11.9 Å². The summed E-state index contributed by atoms with van der Waals surface area (Å²) in [6, 6.07) is 5.71. The number of amides is 1. The van der Waals surface area contributed by atoms with Crippen molar-refractivity contribution in [2.45, 2.75) is 33.2 Å².